The van der Waals surface area contributed by atoms with Crippen molar-refractivity contribution in [1.82, 2.24) is 4.90 Å². The van der Waals surface area contributed by atoms with Crippen molar-refractivity contribution in [3.63, 3.8) is 0 Å². The molecular weight excluding hydrogens is 332 g/mol. The summed E-state index contributed by atoms with van der Waals surface area (Å²) in [6, 6.07) is 17.1. The summed E-state index contributed by atoms with van der Waals surface area (Å²) in [5.41, 5.74) is 2.69. The van der Waals surface area contributed by atoms with Crippen LogP contribution >= 0.6 is 0 Å². The number of likely N-dealkylation sites (tertiary alicyclic amines) is 1. The molecule has 2 aliphatic rings. The maximum atomic E-state index is 11.9. The Bertz CT molecular complexity index is 821. The fourth-order valence-electron chi connectivity index (χ4n) is 3.84. The van der Waals surface area contributed by atoms with Crippen LogP contribution in [0.1, 0.15) is 17.5 Å². The number of amides is 2. The third-order valence-corrected chi connectivity index (χ3v) is 5.34. The first-order valence-electron chi connectivity index (χ1n) is 8.63. The highest BCUT2D eigenvalue weighted by Gasteiger charge is 2.61. The zero-order valence-electron chi connectivity index (χ0n) is 14.2. The van der Waals surface area contributed by atoms with Gasteiger partial charge in [0.1, 0.15) is 6.61 Å². The van der Waals surface area contributed by atoms with Gasteiger partial charge < -0.3 is 14.7 Å². The molecule has 2 amide bonds. The van der Waals surface area contributed by atoms with Gasteiger partial charge in [-0.05, 0) is 35.6 Å². The van der Waals surface area contributed by atoms with Crippen LogP contribution in [0, 0.1) is 5.92 Å². The van der Waals surface area contributed by atoms with E-state index in [0.717, 1.165) is 17.5 Å². The number of carbonyl (C=O) groups excluding carboxylic acids is 1. The Morgan fingerprint density at radius 1 is 1.15 bits per heavy atom. The Labute approximate surface area is 151 Å². The highest BCUT2D eigenvalue weighted by molar-refractivity contribution is 5.84. The SMILES string of the molecule is O=C(Nc1ccc(C23CC2CN(C(=O)O)C3)cc1)OCc1ccccc1. The molecule has 2 unspecified atom stereocenters. The lowest BCUT2D eigenvalue weighted by atomic mass is 9.95. The minimum atomic E-state index is -0.851. The number of fused-ring (bicyclic) bond motifs is 1. The van der Waals surface area contributed by atoms with Crippen LogP contribution in [0.2, 0.25) is 0 Å². The minimum absolute atomic E-state index is 0.0370. The second-order valence-corrected chi connectivity index (χ2v) is 6.98. The second-order valence-electron chi connectivity index (χ2n) is 6.98. The molecule has 2 aromatic carbocycles. The van der Waals surface area contributed by atoms with Crippen molar-refractivity contribution >= 4 is 17.9 Å². The highest BCUT2D eigenvalue weighted by Crippen LogP contribution is 2.59. The molecule has 2 atom stereocenters. The van der Waals surface area contributed by atoms with E-state index in [1.807, 2.05) is 54.6 Å². The van der Waals surface area contributed by atoms with Gasteiger partial charge in [-0.2, -0.15) is 0 Å². The Kier molecular flexibility index (Phi) is 4.03. The van der Waals surface area contributed by atoms with Gasteiger partial charge in [0, 0.05) is 24.2 Å². The summed E-state index contributed by atoms with van der Waals surface area (Å²) in [6.07, 6.45) is -0.319. The Morgan fingerprint density at radius 3 is 2.54 bits per heavy atom. The number of nitrogens with one attached hydrogen (secondary N) is 1. The number of carboxylic acid groups (broad SMARTS) is 1. The van der Waals surface area contributed by atoms with Crippen molar-refractivity contribution in [2.24, 2.45) is 5.92 Å². The maximum absolute atomic E-state index is 11.9. The van der Waals surface area contributed by atoms with Crippen molar-refractivity contribution < 1.29 is 19.4 Å². The fourth-order valence-corrected chi connectivity index (χ4v) is 3.84. The summed E-state index contributed by atoms with van der Waals surface area (Å²) < 4.78 is 5.21. The standard InChI is InChI=1S/C20H20N2O4/c23-18(26-12-14-4-2-1-3-5-14)21-17-8-6-15(7-9-17)20-10-16(20)11-22(13-20)19(24)25/h1-9,16H,10-13H2,(H,21,23)(H,24,25). The van der Waals surface area contributed by atoms with Crippen LogP contribution in [0.3, 0.4) is 0 Å². The van der Waals surface area contributed by atoms with Crippen molar-refractivity contribution in [1.29, 1.82) is 0 Å². The molecule has 1 saturated heterocycles. The van der Waals surface area contributed by atoms with E-state index in [4.69, 9.17) is 9.84 Å². The molecule has 2 aromatic rings. The van der Waals surface area contributed by atoms with E-state index in [2.05, 4.69) is 5.32 Å². The summed E-state index contributed by atoms with van der Waals surface area (Å²) in [6.45, 7) is 1.39. The van der Waals surface area contributed by atoms with Crippen molar-refractivity contribution in [3.8, 4) is 0 Å². The topological polar surface area (TPSA) is 78.9 Å². The van der Waals surface area contributed by atoms with Crippen LogP contribution in [-0.4, -0.2) is 35.3 Å². The number of hydrogen-bond donors (Lipinski definition) is 2. The molecule has 0 aromatic heterocycles. The molecule has 2 N–H and O–H groups in total. The average molecular weight is 352 g/mol. The van der Waals surface area contributed by atoms with Gasteiger partial charge in [0.2, 0.25) is 0 Å². The first-order valence-corrected chi connectivity index (χ1v) is 8.63. The van der Waals surface area contributed by atoms with E-state index in [0.29, 0.717) is 24.7 Å². The largest absolute Gasteiger partial charge is 0.465 e. The molecule has 0 spiro atoms. The van der Waals surface area contributed by atoms with Gasteiger partial charge in [-0.1, -0.05) is 42.5 Å². The number of rotatable bonds is 4. The van der Waals surface area contributed by atoms with Crippen LogP contribution in [0.4, 0.5) is 15.3 Å². The number of benzene rings is 2. The molecule has 1 aliphatic heterocycles. The summed E-state index contributed by atoms with van der Waals surface area (Å²) in [4.78, 5) is 24.5. The van der Waals surface area contributed by atoms with E-state index >= 15 is 0 Å². The number of carbonyl (C=O) groups is 2. The number of ether oxygens (including phenoxy) is 1. The van der Waals surface area contributed by atoms with Crippen LogP contribution < -0.4 is 5.32 Å². The van der Waals surface area contributed by atoms with Gasteiger partial charge in [0.25, 0.3) is 0 Å². The van der Waals surface area contributed by atoms with Gasteiger partial charge in [0.05, 0.1) is 0 Å². The molecule has 1 saturated carbocycles. The van der Waals surface area contributed by atoms with E-state index in [9.17, 15) is 9.59 Å². The van der Waals surface area contributed by atoms with Crippen molar-refractivity contribution in [2.75, 3.05) is 18.4 Å². The van der Waals surface area contributed by atoms with Crippen molar-refractivity contribution in [2.45, 2.75) is 18.4 Å². The Balaban J connectivity index is 1.34. The quantitative estimate of drug-likeness (QED) is 0.880. The number of anilines is 1. The molecule has 4 rings (SSSR count). The third kappa shape index (κ3) is 3.10. The van der Waals surface area contributed by atoms with Crippen LogP contribution in [0.5, 0.6) is 0 Å². The van der Waals surface area contributed by atoms with E-state index < -0.39 is 12.2 Å². The number of nitrogens with zero attached hydrogens (tertiary/aromatic N) is 1. The van der Waals surface area contributed by atoms with Gasteiger partial charge in [-0.3, -0.25) is 5.32 Å². The molecule has 1 heterocycles. The molecule has 134 valence electrons. The lowest BCUT2D eigenvalue weighted by molar-refractivity contribution is 0.149. The predicted octanol–water partition coefficient (Wildman–Crippen LogP) is 3.69. The molecule has 0 radical (unpaired) electrons. The molecule has 6 nitrogen and oxygen atoms in total. The average Bonchev–Trinajstić information content (AvgIpc) is 3.22. The summed E-state index contributed by atoms with van der Waals surface area (Å²) >= 11 is 0. The van der Waals surface area contributed by atoms with Crippen LogP contribution in [0.25, 0.3) is 0 Å². The van der Waals surface area contributed by atoms with Gasteiger partial charge in [-0.25, -0.2) is 9.59 Å². The second kappa shape index (κ2) is 6.37. The summed E-state index contributed by atoms with van der Waals surface area (Å²) in [5.74, 6) is 0.410. The minimum Gasteiger partial charge on any atom is -0.465 e. The number of hydrogen-bond acceptors (Lipinski definition) is 3. The first-order chi connectivity index (χ1) is 12.6. The summed E-state index contributed by atoms with van der Waals surface area (Å²) in [5, 5.41) is 11.9. The predicted molar refractivity (Wildman–Crippen MR) is 96.1 cm³/mol. The third-order valence-electron chi connectivity index (χ3n) is 5.34. The van der Waals surface area contributed by atoms with Gasteiger partial charge in [-0.15, -0.1) is 0 Å². The van der Waals surface area contributed by atoms with Gasteiger partial charge in [0.15, 0.2) is 0 Å². The van der Waals surface area contributed by atoms with E-state index in [1.165, 1.54) is 4.90 Å². The fraction of sp³-hybridized carbons (Fsp3) is 0.300. The van der Waals surface area contributed by atoms with Crippen LogP contribution in [0.15, 0.2) is 54.6 Å². The smallest absolute Gasteiger partial charge is 0.411 e. The van der Waals surface area contributed by atoms with E-state index in [-0.39, 0.29) is 12.0 Å². The zero-order valence-corrected chi connectivity index (χ0v) is 14.2. The maximum Gasteiger partial charge on any atom is 0.411 e. The highest BCUT2D eigenvalue weighted by atomic mass is 16.5. The first kappa shape index (κ1) is 16.4. The molecule has 2 fully saturated rings. The monoisotopic (exact) mass is 352 g/mol. The molecular formula is C20H20N2O4. The molecule has 1 aliphatic carbocycles. The molecule has 26 heavy (non-hydrogen) atoms. The zero-order chi connectivity index (χ0) is 18.1. The van der Waals surface area contributed by atoms with Gasteiger partial charge >= 0.3 is 12.2 Å². The lowest BCUT2D eigenvalue weighted by Gasteiger charge is -2.18. The van der Waals surface area contributed by atoms with Crippen LogP contribution in [-0.2, 0) is 16.8 Å². The lowest BCUT2D eigenvalue weighted by Crippen LogP contribution is -2.31. The normalized spacial score (nSPS) is 23.2. The number of piperidine rings is 1. The molecule has 0 bridgehead atoms. The molecule has 6 heteroatoms. The van der Waals surface area contributed by atoms with E-state index in [1.54, 1.807) is 0 Å². The Morgan fingerprint density at radius 2 is 1.88 bits per heavy atom. The summed E-state index contributed by atoms with van der Waals surface area (Å²) in [7, 11) is 0. The Hall–Kier alpha value is -3.02. The van der Waals surface area contributed by atoms with Crippen molar-refractivity contribution in [3.05, 3.63) is 65.7 Å².